The zero-order valence-corrected chi connectivity index (χ0v) is 15.7. The van der Waals surface area contributed by atoms with Gasteiger partial charge in [0.2, 0.25) is 0 Å². The Kier molecular flexibility index (Phi) is 7.71. The number of aromatic nitrogens is 2. The van der Waals surface area contributed by atoms with Gasteiger partial charge in [0.25, 0.3) is 0 Å². The maximum atomic E-state index is 11.4. The van der Waals surface area contributed by atoms with Crippen molar-refractivity contribution in [1.29, 1.82) is 0 Å². The maximum absolute atomic E-state index is 11.4. The quantitative estimate of drug-likeness (QED) is 0.243. The molecule has 0 amide bonds. The summed E-state index contributed by atoms with van der Waals surface area (Å²) in [6.45, 7) is 3.48. The summed E-state index contributed by atoms with van der Waals surface area (Å²) < 4.78 is 5.35. The molecule has 0 radical (unpaired) electrons. The van der Waals surface area contributed by atoms with Crippen LogP contribution < -0.4 is 0 Å². The van der Waals surface area contributed by atoms with Gasteiger partial charge in [0.1, 0.15) is 17.5 Å². The Morgan fingerprint density at radius 1 is 1.35 bits per heavy atom. The van der Waals surface area contributed by atoms with E-state index in [1.165, 1.54) is 11.8 Å². The second kappa shape index (κ2) is 9.56. The van der Waals surface area contributed by atoms with Gasteiger partial charge in [0, 0.05) is 12.2 Å². The van der Waals surface area contributed by atoms with Crippen LogP contribution in [0.5, 0.6) is 0 Å². The van der Waals surface area contributed by atoms with Crippen LogP contribution in [0.25, 0.3) is 0 Å². The molecule has 0 unspecified atom stereocenters. The highest BCUT2D eigenvalue weighted by Crippen LogP contribution is 2.34. The molecule has 1 aliphatic rings. The van der Waals surface area contributed by atoms with Crippen molar-refractivity contribution in [2.24, 2.45) is 5.92 Å². The van der Waals surface area contributed by atoms with E-state index in [1.807, 2.05) is 6.92 Å². The van der Waals surface area contributed by atoms with E-state index in [4.69, 9.17) is 9.84 Å². The maximum Gasteiger partial charge on any atom is 0.311 e. The number of rotatable bonds is 9. The lowest BCUT2D eigenvalue weighted by Crippen LogP contribution is -2.33. The number of aliphatic hydroxyl groups excluding tert-OH is 3. The molecule has 0 saturated heterocycles. The number of nitrogens with zero attached hydrogens (tertiary/aromatic N) is 3. The molecule has 1 heterocycles. The molecule has 4 atom stereocenters. The SMILES string of the molecule is CCCSc1nc(C)c([N+](=O)[O-])c(C[C@@H]2C[C@H](OCCO)[C@@H](O)[C@H]2O)n1. The highest BCUT2D eigenvalue weighted by molar-refractivity contribution is 7.99. The molecular weight excluding hydrogens is 362 g/mol. The second-order valence-electron chi connectivity index (χ2n) is 6.31. The minimum absolute atomic E-state index is 0.0612. The molecule has 146 valence electrons. The summed E-state index contributed by atoms with van der Waals surface area (Å²) in [6.07, 6.45) is -1.37. The summed E-state index contributed by atoms with van der Waals surface area (Å²) in [4.78, 5) is 19.5. The fourth-order valence-electron chi connectivity index (χ4n) is 3.14. The van der Waals surface area contributed by atoms with Gasteiger partial charge in [-0.15, -0.1) is 0 Å². The van der Waals surface area contributed by atoms with Crippen LogP contribution in [-0.4, -0.2) is 67.5 Å². The van der Waals surface area contributed by atoms with Crippen LogP contribution in [-0.2, 0) is 11.2 Å². The first-order valence-electron chi connectivity index (χ1n) is 8.62. The molecule has 26 heavy (non-hydrogen) atoms. The predicted molar refractivity (Wildman–Crippen MR) is 95.1 cm³/mol. The van der Waals surface area contributed by atoms with Crippen molar-refractivity contribution in [3.63, 3.8) is 0 Å². The molecule has 1 aliphatic carbocycles. The van der Waals surface area contributed by atoms with Crippen LogP contribution in [0, 0.1) is 23.0 Å². The number of thioether (sulfide) groups is 1. The van der Waals surface area contributed by atoms with Gasteiger partial charge in [-0.3, -0.25) is 10.1 Å². The number of ether oxygens (including phenoxy) is 1. The number of hydrogen-bond acceptors (Lipinski definition) is 9. The monoisotopic (exact) mass is 387 g/mol. The van der Waals surface area contributed by atoms with Crippen molar-refractivity contribution in [3.8, 4) is 0 Å². The van der Waals surface area contributed by atoms with Gasteiger partial charge in [-0.2, -0.15) is 0 Å². The van der Waals surface area contributed by atoms with E-state index in [0.29, 0.717) is 17.3 Å². The van der Waals surface area contributed by atoms with E-state index in [9.17, 15) is 20.3 Å². The Bertz CT molecular complexity index is 632. The van der Waals surface area contributed by atoms with E-state index < -0.39 is 29.2 Å². The van der Waals surface area contributed by atoms with Crippen LogP contribution >= 0.6 is 11.8 Å². The molecule has 9 nitrogen and oxygen atoms in total. The first kappa shape index (κ1) is 21.0. The Morgan fingerprint density at radius 2 is 2.08 bits per heavy atom. The number of nitro groups is 1. The first-order chi connectivity index (χ1) is 12.4. The van der Waals surface area contributed by atoms with Crippen molar-refractivity contribution in [1.82, 2.24) is 9.97 Å². The lowest BCUT2D eigenvalue weighted by atomic mass is 9.98. The lowest BCUT2D eigenvalue weighted by Gasteiger charge is -2.17. The highest BCUT2D eigenvalue weighted by Gasteiger charge is 2.43. The molecule has 0 aromatic carbocycles. The third kappa shape index (κ3) is 4.89. The second-order valence-corrected chi connectivity index (χ2v) is 7.37. The molecule has 1 aromatic rings. The summed E-state index contributed by atoms with van der Waals surface area (Å²) in [7, 11) is 0. The minimum atomic E-state index is -1.09. The number of aryl methyl sites for hydroxylation is 1. The third-order valence-corrected chi connectivity index (χ3v) is 5.41. The van der Waals surface area contributed by atoms with Crippen LogP contribution in [0.2, 0.25) is 0 Å². The first-order valence-corrected chi connectivity index (χ1v) is 9.60. The summed E-state index contributed by atoms with van der Waals surface area (Å²) in [5, 5.41) is 41.2. The van der Waals surface area contributed by atoms with Crippen LogP contribution in [0.4, 0.5) is 5.69 Å². The van der Waals surface area contributed by atoms with E-state index in [2.05, 4.69) is 9.97 Å². The van der Waals surface area contributed by atoms with Gasteiger partial charge in [0.15, 0.2) is 5.16 Å². The number of hydrogen-bond donors (Lipinski definition) is 3. The van der Waals surface area contributed by atoms with Gasteiger partial charge in [-0.1, -0.05) is 18.7 Å². The molecule has 1 aromatic heterocycles. The van der Waals surface area contributed by atoms with Crippen LogP contribution in [0.1, 0.15) is 31.2 Å². The zero-order chi connectivity index (χ0) is 19.3. The average molecular weight is 387 g/mol. The predicted octanol–water partition coefficient (Wildman–Crippen LogP) is 0.857. The van der Waals surface area contributed by atoms with Gasteiger partial charge in [-0.25, -0.2) is 9.97 Å². The third-order valence-electron chi connectivity index (χ3n) is 4.36. The highest BCUT2D eigenvalue weighted by atomic mass is 32.2. The molecule has 2 rings (SSSR count). The standard InChI is InChI=1S/C16H25N3O6S/c1-3-6-26-16-17-9(2)13(19(23)24)11(18-16)7-10-8-12(25-5-4-20)15(22)14(10)21/h10,12,14-15,20-22H,3-8H2,1-2H3/t10-,12+,14+,15-/m1/s1. The Hall–Kier alpha value is -1.33. The summed E-state index contributed by atoms with van der Waals surface area (Å²) in [6, 6.07) is 0. The lowest BCUT2D eigenvalue weighted by molar-refractivity contribution is -0.387. The van der Waals surface area contributed by atoms with Gasteiger partial charge in [0.05, 0.1) is 30.3 Å². The van der Waals surface area contributed by atoms with Crippen molar-refractivity contribution >= 4 is 17.4 Å². The van der Waals surface area contributed by atoms with Gasteiger partial charge in [-0.05, 0) is 25.7 Å². The largest absolute Gasteiger partial charge is 0.394 e. The summed E-state index contributed by atoms with van der Waals surface area (Å²) in [5.74, 6) is 0.379. The van der Waals surface area contributed by atoms with E-state index in [-0.39, 0.29) is 31.0 Å². The Labute approximate surface area is 156 Å². The Morgan fingerprint density at radius 3 is 2.69 bits per heavy atom. The topological polar surface area (TPSA) is 139 Å². The molecular formula is C16H25N3O6S. The van der Waals surface area contributed by atoms with Crippen molar-refractivity contribution in [3.05, 3.63) is 21.5 Å². The van der Waals surface area contributed by atoms with Crippen molar-refractivity contribution < 1.29 is 25.0 Å². The molecule has 10 heteroatoms. The van der Waals surface area contributed by atoms with Crippen molar-refractivity contribution in [2.45, 2.75) is 56.6 Å². The van der Waals surface area contributed by atoms with E-state index >= 15 is 0 Å². The molecule has 1 fully saturated rings. The molecule has 0 bridgehead atoms. The Balaban J connectivity index is 2.23. The van der Waals surface area contributed by atoms with E-state index in [0.717, 1.165) is 12.2 Å². The molecule has 0 aliphatic heterocycles. The van der Waals surface area contributed by atoms with E-state index in [1.54, 1.807) is 6.92 Å². The smallest absolute Gasteiger partial charge is 0.311 e. The van der Waals surface area contributed by atoms with Crippen molar-refractivity contribution in [2.75, 3.05) is 19.0 Å². The molecule has 1 saturated carbocycles. The number of aliphatic hydroxyl groups is 3. The fraction of sp³-hybridized carbons (Fsp3) is 0.750. The fourth-order valence-corrected chi connectivity index (χ4v) is 3.90. The minimum Gasteiger partial charge on any atom is -0.394 e. The summed E-state index contributed by atoms with van der Waals surface area (Å²) >= 11 is 1.43. The van der Waals surface area contributed by atoms with Gasteiger partial charge >= 0.3 is 5.69 Å². The molecule has 0 spiro atoms. The van der Waals surface area contributed by atoms with Crippen LogP contribution in [0.3, 0.4) is 0 Å². The summed E-state index contributed by atoms with van der Waals surface area (Å²) in [5.41, 5.74) is 0.409. The van der Waals surface area contributed by atoms with Gasteiger partial charge < -0.3 is 20.1 Å². The van der Waals surface area contributed by atoms with Crippen LogP contribution in [0.15, 0.2) is 5.16 Å². The zero-order valence-electron chi connectivity index (χ0n) is 14.9. The average Bonchev–Trinajstić information content (AvgIpc) is 2.85. The normalized spacial score (nSPS) is 25.6. The molecule has 3 N–H and O–H groups in total.